The smallest absolute Gasteiger partial charge is 0.387 e. The molecule has 1 N–H and O–H groups in total. The molecule has 2 atom stereocenters. The number of anilines is 1. The summed E-state index contributed by atoms with van der Waals surface area (Å²) in [6.07, 6.45) is 0.661. The lowest BCUT2D eigenvalue weighted by atomic mass is 10.1. The van der Waals surface area contributed by atoms with E-state index >= 15 is 0 Å². The van der Waals surface area contributed by atoms with Crippen molar-refractivity contribution in [3.63, 3.8) is 0 Å². The fraction of sp³-hybridized carbons (Fsp3) is 0.278. The number of rotatable bonds is 6. The van der Waals surface area contributed by atoms with Crippen LogP contribution in [-0.2, 0) is 4.79 Å². The zero-order chi connectivity index (χ0) is 18.0. The van der Waals surface area contributed by atoms with Gasteiger partial charge in [0.1, 0.15) is 5.82 Å². The van der Waals surface area contributed by atoms with Crippen molar-refractivity contribution in [1.82, 2.24) is 0 Å². The van der Waals surface area contributed by atoms with Crippen molar-refractivity contribution in [1.29, 1.82) is 0 Å². The number of benzene rings is 2. The van der Waals surface area contributed by atoms with Gasteiger partial charge in [0.05, 0.1) is 7.11 Å². The van der Waals surface area contributed by atoms with E-state index in [0.717, 1.165) is 5.56 Å². The predicted octanol–water partition coefficient (Wildman–Crippen LogP) is 4.18. The summed E-state index contributed by atoms with van der Waals surface area (Å²) in [7, 11) is 1.34. The summed E-state index contributed by atoms with van der Waals surface area (Å²) < 4.78 is 47.2. The zero-order valence-electron chi connectivity index (χ0n) is 13.3. The number of methoxy groups -OCH3 is 1. The highest BCUT2D eigenvalue weighted by atomic mass is 19.3. The molecule has 0 aromatic heterocycles. The molecule has 1 amide bonds. The molecule has 2 aromatic carbocycles. The third kappa shape index (κ3) is 4.04. The maximum Gasteiger partial charge on any atom is 0.387 e. The quantitative estimate of drug-likeness (QED) is 0.849. The molecule has 2 unspecified atom stereocenters. The van der Waals surface area contributed by atoms with E-state index in [9.17, 15) is 18.0 Å². The molecule has 0 spiro atoms. The molecule has 1 aliphatic rings. The SMILES string of the molecule is COc1ccc(NC(=O)C2CC2c2ccc(F)cc2)cc1OC(F)F. The van der Waals surface area contributed by atoms with Gasteiger partial charge in [0.2, 0.25) is 5.91 Å². The molecule has 0 aliphatic heterocycles. The van der Waals surface area contributed by atoms with Gasteiger partial charge in [0.15, 0.2) is 11.5 Å². The number of ether oxygens (including phenoxy) is 2. The second-order valence-electron chi connectivity index (χ2n) is 5.73. The van der Waals surface area contributed by atoms with Crippen LogP contribution >= 0.6 is 0 Å². The van der Waals surface area contributed by atoms with Gasteiger partial charge >= 0.3 is 6.61 Å². The minimum atomic E-state index is -2.99. The van der Waals surface area contributed by atoms with Gasteiger partial charge in [-0.15, -0.1) is 0 Å². The number of carbonyl (C=O) groups is 1. The van der Waals surface area contributed by atoms with Crippen LogP contribution in [-0.4, -0.2) is 19.6 Å². The van der Waals surface area contributed by atoms with E-state index in [1.165, 1.54) is 31.4 Å². The van der Waals surface area contributed by atoms with Gasteiger partial charge in [-0.2, -0.15) is 8.78 Å². The molecule has 0 heterocycles. The topological polar surface area (TPSA) is 47.6 Å². The number of nitrogens with one attached hydrogen (secondary N) is 1. The fourth-order valence-electron chi connectivity index (χ4n) is 2.74. The van der Waals surface area contributed by atoms with Crippen LogP contribution in [0.3, 0.4) is 0 Å². The van der Waals surface area contributed by atoms with Crippen LogP contribution in [0.4, 0.5) is 18.9 Å². The second kappa shape index (κ2) is 7.04. The van der Waals surface area contributed by atoms with Gasteiger partial charge in [-0.3, -0.25) is 4.79 Å². The van der Waals surface area contributed by atoms with Gasteiger partial charge in [-0.1, -0.05) is 12.1 Å². The minimum absolute atomic E-state index is 0.0376. The minimum Gasteiger partial charge on any atom is -0.493 e. The Morgan fingerprint density at radius 2 is 1.88 bits per heavy atom. The molecule has 0 bridgehead atoms. The van der Waals surface area contributed by atoms with E-state index in [2.05, 4.69) is 10.1 Å². The van der Waals surface area contributed by atoms with Crippen LogP contribution in [0.25, 0.3) is 0 Å². The fourth-order valence-corrected chi connectivity index (χ4v) is 2.74. The average Bonchev–Trinajstić information content (AvgIpc) is 3.36. The van der Waals surface area contributed by atoms with Crippen LogP contribution in [0.15, 0.2) is 42.5 Å². The normalized spacial score (nSPS) is 18.8. The van der Waals surface area contributed by atoms with Crippen molar-refractivity contribution in [3.8, 4) is 11.5 Å². The van der Waals surface area contributed by atoms with E-state index in [-0.39, 0.29) is 35.1 Å². The molecule has 7 heteroatoms. The Bertz CT molecular complexity index is 765. The van der Waals surface area contributed by atoms with E-state index < -0.39 is 6.61 Å². The molecule has 1 fully saturated rings. The number of alkyl halides is 2. The molecular formula is C18H16F3NO3. The number of hydrogen-bond donors (Lipinski definition) is 1. The lowest BCUT2D eigenvalue weighted by Crippen LogP contribution is -2.15. The highest BCUT2D eigenvalue weighted by molar-refractivity contribution is 5.95. The molecule has 1 saturated carbocycles. The molecule has 4 nitrogen and oxygen atoms in total. The third-order valence-electron chi connectivity index (χ3n) is 4.07. The van der Waals surface area contributed by atoms with Gasteiger partial charge in [-0.05, 0) is 42.2 Å². The first-order chi connectivity index (χ1) is 12.0. The summed E-state index contributed by atoms with van der Waals surface area (Å²) >= 11 is 0. The molecule has 3 rings (SSSR count). The van der Waals surface area contributed by atoms with Gasteiger partial charge in [-0.25, -0.2) is 4.39 Å². The average molecular weight is 351 g/mol. The largest absolute Gasteiger partial charge is 0.493 e. The van der Waals surface area contributed by atoms with E-state index in [0.29, 0.717) is 12.1 Å². The van der Waals surface area contributed by atoms with E-state index in [1.54, 1.807) is 18.2 Å². The Labute approximate surface area is 142 Å². The first kappa shape index (κ1) is 17.1. The van der Waals surface area contributed by atoms with Crippen LogP contribution in [0.1, 0.15) is 17.9 Å². The molecule has 0 saturated heterocycles. The summed E-state index contributed by atoms with van der Waals surface area (Å²) in [4.78, 5) is 12.3. The van der Waals surface area contributed by atoms with Gasteiger partial charge in [0.25, 0.3) is 0 Å². The molecule has 1 aliphatic carbocycles. The second-order valence-corrected chi connectivity index (χ2v) is 5.73. The maximum absolute atomic E-state index is 12.9. The molecule has 132 valence electrons. The summed E-state index contributed by atoms with van der Waals surface area (Å²) in [5.41, 5.74) is 1.24. The highest BCUT2D eigenvalue weighted by Gasteiger charge is 2.43. The van der Waals surface area contributed by atoms with E-state index in [4.69, 9.17) is 4.74 Å². The van der Waals surface area contributed by atoms with Crippen LogP contribution in [0.2, 0.25) is 0 Å². The highest BCUT2D eigenvalue weighted by Crippen LogP contribution is 2.48. The van der Waals surface area contributed by atoms with Crippen molar-refractivity contribution in [3.05, 3.63) is 53.8 Å². The standard InChI is InChI=1S/C18H16F3NO3/c1-24-15-7-6-12(8-16(15)25-18(20)21)22-17(23)14-9-13(14)10-2-4-11(19)5-3-10/h2-8,13-14,18H,9H2,1H3,(H,22,23). The summed E-state index contributed by atoms with van der Waals surface area (Å²) in [6.45, 7) is -2.99. The van der Waals surface area contributed by atoms with Crippen molar-refractivity contribution in [2.24, 2.45) is 5.92 Å². The number of hydrogen-bond acceptors (Lipinski definition) is 3. The third-order valence-corrected chi connectivity index (χ3v) is 4.07. The summed E-state index contributed by atoms with van der Waals surface area (Å²) in [5, 5.41) is 2.69. The van der Waals surface area contributed by atoms with E-state index in [1.807, 2.05) is 0 Å². The molecule has 0 radical (unpaired) electrons. The Morgan fingerprint density at radius 1 is 1.16 bits per heavy atom. The number of carbonyl (C=O) groups excluding carboxylic acids is 1. The van der Waals surface area contributed by atoms with Crippen LogP contribution < -0.4 is 14.8 Å². The Hall–Kier alpha value is -2.70. The monoisotopic (exact) mass is 351 g/mol. The maximum atomic E-state index is 12.9. The molecular weight excluding hydrogens is 335 g/mol. The zero-order valence-corrected chi connectivity index (χ0v) is 13.3. The van der Waals surface area contributed by atoms with Crippen LogP contribution in [0, 0.1) is 11.7 Å². The van der Waals surface area contributed by atoms with Crippen molar-refractivity contribution < 1.29 is 27.4 Å². The lowest BCUT2D eigenvalue weighted by molar-refractivity contribution is -0.117. The van der Waals surface area contributed by atoms with Crippen molar-refractivity contribution in [2.45, 2.75) is 19.0 Å². The Kier molecular flexibility index (Phi) is 4.83. The molecule has 25 heavy (non-hydrogen) atoms. The predicted molar refractivity (Wildman–Crippen MR) is 85.5 cm³/mol. The Balaban J connectivity index is 1.66. The summed E-state index contributed by atoms with van der Waals surface area (Å²) in [6, 6.07) is 10.3. The molecule has 2 aromatic rings. The van der Waals surface area contributed by atoms with Crippen LogP contribution in [0.5, 0.6) is 11.5 Å². The van der Waals surface area contributed by atoms with Gasteiger partial charge in [0, 0.05) is 17.7 Å². The number of halogens is 3. The summed E-state index contributed by atoms with van der Waals surface area (Å²) in [5.74, 6) is -0.740. The van der Waals surface area contributed by atoms with Crippen molar-refractivity contribution >= 4 is 11.6 Å². The first-order valence-corrected chi connectivity index (χ1v) is 7.67. The first-order valence-electron chi connectivity index (χ1n) is 7.67. The number of amides is 1. The Morgan fingerprint density at radius 3 is 2.52 bits per heavy atom. The lowest BCUT2D eigenvalue weighted by Gasteiger charge is -2.12. The van der Waals surface area contributed by atoms with Crippen molar-refractivity contribution in [2.75, 3.05) is 12.4 Å². The van der Waals surface area contributed by atoms with Gasteiger partial charge < -0.3 is 14.8 Å².